The third kappa shape index (κ3) is 2.37. The first kappa shape index (κ1) is 10.6. The van der Waals surface area contributed by atoms with Crippen LogP contribution >= 0.6 is 12.2 Å². The van der Waals surface area contributed by atoms with Crippen LogP contribution in [0.2, 0.25) is 0 Å². The van der Waals surface area contributed by atoms with Crippen LogP contribution in [0.3, 0.4) is 0 Å². The van der Waals surface area contributed by atoms with Crippen molar-refractivity contribution < 1.29 is 0 Å². The van der Waals surface area contributed by atoms with Crippen LogP contribution in [0.5, 0.6) is 0 Å². The van der Waals surface area contributed by atoms with Gasteiger partial charge in [0.25, 0.3) is 0 Å². The Hall–Kier alpha value is -0.890. The van der Waals surface area contributed by atoms with E-state index >= 15 is 0 Å². The highest BCUT2D eigenvalue weighted by Crippen LogP contribution is 2.37. The molecule has 1 unspecified atom stereocenters. The molecule has 0 bridgehead atoms. The summed E-state index contributed by atoms with van der Waals surface area (Å²) in [5.41, 5.74) is 7.17. The summed E-state index contributed by atoms with van der Waals surface area (Å²) in [6, 6.07) is 10.4. The summed E-state index contributed by atoms with van der Waals surface area (Å²) in [6.45, 7) is 0. The molecule has 1 aliphatic rings. The van der Waals surface area contributed by atoms with Crippen LogP contribution in [0, 0.1) is 5.92 Å². The lowest BCUT2D eigenvalue weighted by molar-refractivity contribution is 0.514. The van der Waals surface area contributed by atoms with Gasteiger partial charge in [-0.2, -0.15) is 0 Å². The summed E-state index contributed by atoms with van der Waals surface area (Å²) in [4.78, 5) is 0.660. The molecular weight excluding hydrogens is 202 g/mol. The molecule has 1 aliphatic carbocycles. The van der Waals surface area contributed by atoms with Gasteiger partial charge in [0.1, 0.15) is 0 Å². The highest BCUT2D eigenvalue weighted by molar-refractivity contribution is 7.80. The van der Waals surface area contributed by atoms with Crippen molar-refractivity contribution >= 4 is 17.2 Å². The normalized spacial score (nSPS) is 18.9. The molecule has 80 valence electrons. The highest BCUT2D eigenvalue weighted by Gasteiger charge is 2.27. The first-order chi connectivity index (χ1) is 7.29. The highest BCUT2D eigenvalue weighted by atomic mass is 32.1. The van der Waals surface area contributed by atoms with E-state index in [1.54, 1.807) is 0 Å². The van der Waals surface area contributed by atoms with Gasteiger partial charge in [-0.15, -0.1) is 0 Å². The number of hydrogen-bond donors (Lipinski definition) is 1. The van der Waals surface area contributed by atoms with Crippen LogP contribution in [0.15, 0.2) is 30.3 Å². The Morgan fingerprint density at radius 1 is 1.20 bits per heavy atom. The molecule has 1 nitrogen and oxygen atoms in total. The van der Waals surface area contributed by atoms with Crippen molar-refractivity contribution in [1.82, 2.24) is 0 Å². The molecule has 1 atom stereocenters. The van der Waals surface area contributed by atoms with Crippen molar-refractivity contribution in [2.24, 2.45) is 11.7 Å². The van der Waals surface area contributed by atoms with Crippen LogP contribution in [0.1, 0.15) is 37.2 Å². The second-order valence-electron chi connectivity index (χ2n) is 4.34. The van der Waals surface area contributed by atoms with E-state index < -0.39 is 0 Å². The molecule has 0 saturated heterocycles. The molecule has 0 aliphatic heterocycles. The topological polar surface area (TPSA) is 26.0 Å². The van der Waals surface area contributed by atoms with Crippen LogP contribution in [0.4, 0.5) is 0 Å². The second-order valence-corrected chi connectivity index (χ2v) is 4.81. The van der Waals surface area contributed by atoms with Crippen molar-refractivity contribution in [3.8, 4) is 0 Å². The average molecular weight is 219 g/mol. The summed E-state index contributed by atoms with van der Waals surface area (Å²) in [7, 11) is 0. The van der Waals surface area contributed by atoms with E-state index in [9.17, 15) is 0 Å². The molecule has 2 rings (SSSR count). The summed E-state index contributed by atoms with van der Waals surface area (Å²) in [6.07, 6.45) is 5.21. The molecule has 1 saturated carbocycles. The fraction of sp³-hybridized carbons (Fsp3) is 0.462. The molecule has 0 spiro atoms. The minimum absolute atomic E-state index is 0.295. The molecular formula is C13H17NS. The zero-order valence-corrected chi connectivity index (χ0v) is 9.67. The molecule has 1 aromatic rings. The largest absolute Gasteiger partial charge is 0.393 e. The lowest BCUT2D eigenvalue weighted by Gasteiger charge is -2.22. The monoisotopic (exact) mass is 219 g/mol. The Kier molecular flexibility index (Phi) is 3.37. The summed E-state index contributed by atoms with van der Waals surface area (Å²) in [5.74, 6) is 0.966. The van der Waals surface area contributed by atoms with E-state index in [4.69, 9.17) is 18.0 Å². The van der Waals surface area contributed by atoms with Crippen molar-refractivity contribution in [3.63, 3.8) is 0 Å². The van der Waals surface area contributed by atoms with Crippen molar-refractivity contribution in [2.75, 3.05) is 0 Å². The van der Waals surface area contributed by atoms with Gasteiger partial charge in [-0.3, -0.25) is 0 Å². The van der Waals surface area contributed by atoms with Crippen LogP contribution in [0.25, 0.3) is 0 Å². The fourth-order valence-corrected chi connectivity index (χ4v) is 2.95. The predicted octanol–water partition coefficient (Wildman–Crippen LogP) is 3.25. The van der Waals surface area contributed by atoms with E-state index in [-0.39, 0.29) is 0 Å². The fourth-order valence-electron chi connectivity index (χ4n) is 2.62. The van der Waals surface area contributed by atoms with Gasteiger partial charge >= 0.3 is 0 Å². The maximum atomic E-state index is 5.88. The summed E-state index contributed by atoms with van der Waals surface area (Å²) < 4.78 is 0. The van der Waals surface area contributed by atoms with Gasteiger partial charge in [-0.05, 0) is 24.3 Å². The number of rotatable bonds is 3. The number of thiocarbonyl (C=S) groups is 1. The molecule has 15 heavy (non-hydrogen) atoms. The zero-order valence-electron chi connectivity index (χ0n) is 8.86. The smallest absolute Gasteiger partial charge is 0.0806 e. The predicted molar refractivity (Wildman–Crippen MR) is 67.9 cm³/mol. The van der Waals surface area contributed by atoms with Gasteiger partial charge in [0, 0.05) is 5.92 Å². The maximum absolute atomic E-state index is 5.88. The Balaban J connectivity index is 2.23. The Bertz CT molecular complexity index is 328. The van der Waals surface area contributed by atoms with Crippen LogP contribution in [-0.4, -0.2) is 4.99 Å². The summed E-state index contributed by atoms with van der Waals surface area (Å²) >= 11 is 5.21. The second kappa shape index (κ2) is 4.75. The quantitative estimate of drug-likeness (QED) is 0.790. The number of nitrogens with two attached hydrogens (primary N) is 1. The van der Waals surface area contributed by atoms with Crippen molar-refractivity contribution in [2.45, 2.75) is 31.6 Å². The molecule has 0 heterocycles. The van der Waals surface area contributed by atoms with E-state index in [0.717, 1.165) is 0 Å². The Morgan fingerprint density at radius 3 is 2.33 bits per heavy atom. The number of hydrogen-bond acceptors (Lipinski definition) is 1. The van der Waals surface area contributed by atoms with Gasteiger partial charge in [-0.25, -0.2) is 0 Å². The molecule has 1 fully saturated rings. The molecule has 0 radical (unpaired) electrons. The minimum atomic E-state index is 0.295. The van der Waals surface area contributed by atoms with Crippen LogP contribution < -0.4 is 5.73 Å². The first-order valence-electron chi connectivity index (χ1n) is 5.63. The average Bonchev–Trinajstić information content (AvgIpc) is 2.72. The molecule has 2 N–H and O–H groups in total. The van der Waals surface area contributed by atoms with Crippen molar-refractivity contribution in [3.05, 3.63) is 35.9 Å². The Labute approximate surface area is 96.7 Å². The van der Waals surface area contributed by atoms with Crippen molar-refractivity contribution in [1.29, 1.82) is 0 Å². The minimum Gasteiger partial charge on any atom is -0.393 e. The molecule has 1 aromatic carbocycles. The van der Waals surface area contributed by atoms with Gasteiger partial charge in [0.2, 0.25) is 0 Å². The maximum Gasteiger partial charge on any atom is 0.0806 e. The lowest BCUT2D eigenvalue weighted by Crippen LogP contribution is -2.25. The SMILES string of the molecule is NC(=S)C(c1ccccc1)C1CCCC1. The van der Waals surface area contributed by atoms with E-state index in [1.807, 2.05) is 6.07 Å². The summed E-state index contributed by atoms with van der Waals surface area (Å²) in [5, 5.41) is 0. The third-order valence-corrected chi connectivity index (χ3v) is 3.59. The van der Waals surface area contributed by atoms with Gasteiger partial charge in [0.15, 0.2) is 0 Å². The number of benzene rings is 1. The zero-order chi connectivity index (χ0) is 10.7. The molecule has 0 amide bonds. The lowest BCUT2D eigenvalue weighted by atomic mass is 9.85. The van der Waals surface area contributed by atoms with Crippen LogP contribution in [-0.2, 0) is 0 Å². The standard InChI is InChI=1S/C13H17NS/c14-13(15)12(11-8-4-5-9-11)10-6-2-1-3-7-10/h1-3,6-7,11-12H,4-5,8-9H2,(H2,14,15). The van der Waals surface area contributed by atoms with E-state index in [2.05, 4.69) is 24.3 Å². The third-order valence-electron chi connectivity index (χ3n) is 3.34. The van der Waals surface area contributed by atoms with Gasteiger partial charge in [-0.1, -0.05) is 55.4 Å². The van der Waals surface area contributed by atoms with Gasteiger partial charge < -0.3 is 5.73 Å². The molecule has 0 aromatic heterocycles. The van der Waals surface area contributed by atoms with Gasteiger partial charge in [0.05, 0.1) is 4.99 Å². The molecule has 2 heteroatoms. The van der Waals surface area contributed by atoms with E-state index in [1.165, 1.54) is 31.2 Å². The van der Waals surface area contributed by atoms with E-state index in [0.29, 0.717) is 16.8 Å². The first-order valence-corrected chi connectivity index (χ1v) is 6.04. The Morgan fingerprint density at radius 2 is 1.80 bits per heavy atom.